The number of carbonyl (C=O) groups excluding carboxylic acids is 2. The number of benzene rings is 3. The first kappa shape index (κ1) is 21.7. The van der Waals surface area contributed by atoms with Gasteiger partial charge in [-0.1, -0.05) is 60.2 Å². The predicted molar refractivity (Wildman–Crippen MR) is 129 cm³/mol. The van der Waals surface area contributed by atoms with E-state index in [4.69, 9.17) is 4.42 Å². The highest BCUT2D eigenvalue weighted by Gasteiger charge is 2.32. The van der Waals surface area contributed by atoms with Crippen LogP contribution in [0.15, 0.2) is 77.3 Å². The fourth-order valence-corrected chi connectivity index (χ4v) is 4.19. The molecule has 2 heterocycles. The molecule has 1 atom stereocenters. The number of hydrogen-bond acceptors (Lipinski definition) is 5. The predicted octanol–water partition coefficient (Wildman–Crippen LogP) is 5.11. The Bertz CT molecular complexity index is 1600. The van der Waals surface area contributed by atoms with Crippen molar-refractivity contribution in [3.63, 3.8) is 0 Å². The second-order valence-corrected chi connectivity index (χ2v) is 8.18. The summed E-state index contributed by atoms with van der Waals surface area (Å²) in [6.45, 7) is 1.93. The lowest BCUT2D eigenvalue weighted by Gasteiger charge is -2.25. The summed E-state index contributed by atoms with van der Waals surface area (Å²) in [4.78, 5) is 26.0. The van der Waals surface area contributed by atoms with Crippen molar-refractivity contribution in [1.29, 1.82) is 10.5 Å². The summed E-state index contributed by atoms with van der Waals surface area (Å²) in [7, 11) is 0. The van der Waals surface area contributed by atoms with E-state index in [2.05, 4.69) is 10.6 Å². The summed E-state index contributed by atoms with van der Waals surface area (Å²) in [6, 6.07) is 22.5. The Hall–Kier alpha value is -5.14. The Balaban J connectivity index is 1.78. The average molecular weight is 458 g/mol. The number of nitriles is 2. The zero-order chi connectivity index (χ0) is 24.5. The van der Waals surface area contributed by atoms with E-state index in [9.17, 15) is 20.1 Å². The zero-order valence-electron chi connectivity index (χ0n) is 18.6. The van der Waals surface area contributed by atoms with Crippen LogP contribution in [0, 0.1) is 29.6 Å². The molecule has 1 aliphatic rings. The number of nitrogens with one attached hydrogen (secondary N) is 2. The van der Waals surface area contributed by atoms with Crippen molar-refractivity contribution < 1.29 is 14.0 Å². The maximum Gasteiger partial charge on any atom is 0.319 e. The van der Waals surface area contributed by atoms with Crippen LogP contribution in [-0.4, -0.2) is 11.8 Å². The number of fused-ring (bicyclic) bond motifs is 1. The van der Waals surface area contributed by atoms with E-state index in [1.165, 1.54) is 18.3 Å². The largest absolute Gasteiger partial charge is 0.455 e. The lowest BCUT2D eigenvalue weighted by Crippen LogP contribution is -2.40. The Morgan fingerprint density at radius 1 is 0.971 bits per heavy atom. The van der Waals surface area contributed by atoms with E-state index in [1.54, 1.807) is 12.1 Å². The fourth-order valence-electron chi connectivity index (χ4n) is 4.19. The molecule has 0 fully saturated rings. The van der Waals surface area contributed by atoms with Crippen LogP contribution in [-0.2, 0) is 0 Å². The lowest BCUT2D eigenvalue weighted by atomic mass is 9.90. The third-order valence-electron chi connectivity index (χ3n) is 5.95. The van der Waals surface area contributed by atoms with Gasteiger partial charge in [0.1, 0.15) is 23.5 Å². The minimum Gasteiger partial charge on any atom is -0.455 e. The van der Waals surface area contributed by atoms with E-state index < -0.39 is 6.04 Å². The molecule has 4 aromatic rings. The van der Waals surface area contributed by atoms with Crippen molar-refractivity contribution in [2.45, 2.75) is 13.0 Å². The molecule has 0 aliphatic carbocycles. The van der Waals surface area contributed by atoms with E-state index in [0.29, 0.717) is 22.1 Å². The smallest absolute Gasteiger partial charge is 0.319 e. The number of hydrogen-bond donors (Lipinski definition) is 2. The van der Waals surface area contributed by atoms with E-state index >= 15 is 0 Å². The van der Waals surface area contributed by atoms with Gasteiger partial charge in [0.05, 0.1) is 22.7 Å². The van der Waals surface area contributed by atoms with E-state index in [-0.39, 0.29) is 34.3 Å². The molecule has 0 radical (unpaired) electrons. The van der Waals surface area contributed by atoms with Crippen molar-refractivity contribution >= 4 is 28.4 Å². The Kier molecular flexibility index (Phi) is 5.37. The van der Waals surface area contributed by atoms with Crippen molar-refractivity contribution in [3.05, 3.63) is 112 Å². The number of ketones is 1. The molecular weight excluding hydrogens is 440 g/mol. The van der Waals surface area contributed by atoms with Crippen LogP contribution >= 0.6 is 0 Å². The Morgan fingerprint density at radius 2 is 1.66 bits per heavy atom. The number of rotatable bonds is 4. The van der Waals surface area contributed by atoms with E-state index in [1.807, 2.05) is 61.5 Å². The van der Waals surface area contributed by atoms with Crippen molar-refractivity contribution in [3.8, 4) is 12.1 Å². The van der Waals surface area contributed by atoms with Gasteiger partial charge in [0, 0.05) is 28.8 Å². The number of furan rings is 1. The summed E-state index contributed by atoms with van der Waals surface area (Å²) < 4.78 is 6.19. The number of nitrogens with zero attached hydrogens (tertiary/aromatic N) is 2. The van der Waals surface area contributed by atoms with Crippen molar-refractivity contribution in [2.75, 3.05) is 0 Å². The van der Waals surface area contributed by atoms with Gasteiger partial charge in [0.15, 0.2) is 5.78 Å². The van der Waals surface area contributed by atoms with Crippen LogP contribution < -0.4 is 10.6 Å². The average Bonchev–Trinajstić information content (AvgIpc) is 3.26. The molecule has 35 heavy (non-hydrogen) atoms. The highest BCUT2D eigenvalue weighted by Crippen LogP contribution is 2.39. The monoisotopic (exact) mass is 458 g/mol. The molecule has 3 aromatic carbocycles. The van der Waals surface area contributed by atoms with Gasteiger partial charge in [-0.15, -0.1) is 0 Å². The van der Waals surface area contributed by atoms with Gasteiger partial charge in [-0.2, -0.15) is 10.5 Å². The third-order valence-corrected chi connectivity index (χ3v) is 5.95. The van der Waals surface area contributed by atoms with Gasteiger partial charge >= 0.3 is 6.03 Å². The Morgan fingerprint density at radius 3 is 2.34 bits per heavy atom. The molecular formula is C28H18N4O3. The van der Waals surface area contributed by atoms with Crippen LogP contribution in [0.4, 0.5) is 4.79 Å². The molecule has 0 saturated carbocycles. The molecule has 0 spiro atoms. The molecule has 0 unspecified atom stereocenters. The third kappa shape index (κ3) is 3.82. The molecule has 7 nitrogen and oxygen atoms in total. The molecule has 7 heteroatoms. The van der Waals surface area contributed by atoms with Crippen molar-refractivity contribution in [1.82, 2.24) is 10.6 Å². The molecule has 1 aliphatic heterocycles. The minimum atomic E-state index is -0.582. The number of carbonyl (C=O) groups is 2. The molecule has 2 amide bonds. The van der Waals surface area contributed by atoms with Gasteiger partial charge < -0.3 is 15.1 Å². The highest BCUT2D eigenvalue weighted by molar-refractivity contribution is 6.19. The first-order chi connectivity index (χ1) is 17.0. The van der Waals surface area contributed by atoms with Gasteiger partial charge in [-0.05, 0) is 18.6 Å². The maximum absolute atomic E-state index is 13.8. The summed E-state index contributed by atoms with van der Waals surface area (Å²) in [5.41, 5.74) is 3.66. The van der Waals surface area contributed by atoms with Crippen LogP contribution in [0.1, 0.15) is 50.0 Å². The second-order valence-electron chi connectivity index (χ2n) is 8.18. The highest BCUT2D eigenvalue weighted by atomic mass is 16.3. The fraction of sp³-hybridized carbons (Fsp3) is 0.0714. The molecule has 2 N–H and O–H groups in total. The lowest BCUT2D eigenvalue weighted by molar-refractivity contribution is 0.103. The quantitative estimate of drug-likeness (QED) is 0.412. The van der Waals surface area contributed by atoms with Crippen LogP contribution in [0.25, 0.3) is 16.5 Å². The summed E-state index contributed by atoms with van der Waals surface area (Å²) in [5.74, 6) is -0.0390. The maximum atomic E-state index is 13.8. The van der Waals surface area contributed by atoms with Crippen LogP contribution in [0.3, 0.4) is 0 Å². The number of aryl methyl sites for hydroxylation is 1. The second kappa shape index (κ2) is 8.66. The molecule has 0 bridgehead atoms. The van der Waals surface area contributed by atoms with Crippen LogP contribution in [0.2, 0.25) is 0 Å². The van der Waals surface area contributed by atoms with E-state index in [0.717, 1.165) is 11.1 Å². The van der Waals surface area contributed by atoms with Crippen LogP contribution in [0.5, 0.6) is 0 Å². The SMILES string of the molecule is Cc1ccc(C(=O)c2c(C3=CNC(=O)N[C@H]3c3ccccc3)oc3cc(C#N)c(C#N)cc23)cc1. The number of amides is 2. The van der Waals surface area contributed by atoms with Gasteiger partial charge in [0.25, 0.3) is 0 Å². The molecule has 0 saturated heterocycles. The summed E-state index contributed by atoms with van der Waals surface area (Å²) >= 11 is 0. The summed E-state index contributed by atoms with van der Waals surface area (Å²) in [5, 5.41) is 25.0. The van der Waals surface area contributed by atoms with Gasteiger partial charge in [-0.3, -0.25) is 4.79 Å². The zero-order valence-corrected chi connectivity index (χ0v) is 18.6. The van der Waals surface area contributed by atoms with Gasteiger partial charge in [0.2, 0.25) is 0 Å². The molecule has 168 valence electrons. The standard InChI is InChI=1S/C28H18N4O3/c1-16-7-9-18(10-8-16)26(33)24-21-11-19(13-29)20(14-30)12-23(21)35-27(24)22-15-31-28(34)32-25(22)17-5-3-2-4-6-17/h2-12,15,25H,1H3,(H2,31,32,34)/t25-/m0/s1. The Labute approximate surface area is 200 Å². The first-order valence-electron chi connectivity index (χ1n) is 10.8. The van der Waals surface area contributed by atoms with Gasteiger partial charge in [-0.25, -0.2) is 4.79 Å². The number of urea groups is 1. The molecule has 5 rings (SSSR count). The minimum absolute atomic E-state index is 0.147. The normalized spacial score (nSPS) is 14.9. The summed E-state index contributed by atoms with van der Waals surface area (Å²) in [6.07, 6.45) is 1.52. The first-order valence-corrected chi connectivity index (χ1v) is 10.8. The molecule has 1 aromatic heterocycles. The topological polar surface area (TPSA) is 119 Å². The van der Waals surface area contributed by atoms with Crippen molar-refractivity contribution in [2.24, 2.45) is 0 Å².